The van der Waals surface area contributed by atoms with Crippen LogP contribution in [0.25, 0.3) is 0 Å². The molecule has 1 aromatic heterocycles. The van der Waals surface area contributed by atoms with Crippen LogP contribution in [-0.4, -0.2) is 19.1 Å². The molecule has 0 bridgehead atoms. The van der Waals surface area contributed by atoms with Crippen molar-refractivity contribution >= 4 is 11.6 Å². The fraction of sp³-hybridized carbons (Fsp3) is 0.353. The molecule has 0 aliphatic carbocycles. The number of benzene rings is 1. The van der Waals surface area contributed by atoms with Gasteiger partial charge in [-0.2, -0.15) is 0 Å². The van der Waals surface area contributed by atoms with Crippen molar-refractivity contribution in [2.45, 2.75) is 26.3 Å². The molecule has 0 amide bonds. The minimum Gasteiger partial charge on any atom is -0.496 e. The molecule has 0 spiro atoms. The van der Waals surface area contributed by atoms with E-state index in [1.807, 2.05) is 51.4 Å². The second kappa shape index (κ2) is 6.92. The lowest BCUT2D eigenvalue weighted by molar-refractivity contribution is 0.406. The van der Waals surface area contributed by atoms with Crippen LogP contribution < -0.4 is 10.1 Å². The molecule has 0 saturated carbocycles. The van der Waals surface area contributed by atoms with Gasteiger partial charge in [-0.1, -0.05) is 29.8 Å². The van der Waals surface area contributed by atoms with Crippen LogP contribution in [0.3, 0.4) is 0 Å². The topological polar surface area (TPSA) is 34.2 Å². The van der Waals surface area contributed by atoms with E-state index >= 15 is 0 Å². The van der Waals surface area contributed by atoms with Gasteiger partial charge in [0, 0.05) is 40.5 Å². The fourth-order valence-corrected chi connectivity index (χ4v) is 2.86. The van der Waals surface area contributed by atoms with E-state index < -0.39 is 0 Å². The van der Waals surface area contributed by atoms with Crippen LogP contribution in [0.15, 0.2) is 30.5 Å². The molecule has 0 fully saturated rings. The zero-order valence-corrected chi connectivity index (χ0v) is 13.7. The maximum absolute atomic E-state index is 6.30. The number of likely N-dealkylation sites (N-methyl/N-ethyl adjacent to an activating group) is 1. The lowest BCUT2D eigenvalue weighted by atomic mass is 9.98. The summed E-state index contributed by atoms with van der Waals surface area (Å²) in [6.45, 7) is 4.06. The Labute approximate surface area is 131 Å². The van der Waals surface area contributed by atoms with Crippen LogP contribution in [0.5, 0.6) is 5.75 Å². The molecule has 1 aromatic carbocycles. The molecule has 1 heterocycles. The minimum atomic E-state index is 0.123. The molecule has 1 unspecified atom stereocenters. The number of ether oxygens (including phenoxy) is 1. The number of hydrogen-bond donors (Lipinski definition) is 1. The van der Waals surface area contributed by atoms with E-state index in [1.165, 1.54) is 0 Å². The second-order valence-corrected chi connectivity index (χ2v) is 5.52. The van der Waals surface area contributed by atoms with Gasteiger partial charge in [-0.05, 0) is 32.5 Å². The van der Waals surface area contributed by atoms with Crippen molar-refractivity contribution in [1.82, 2.24) is 10.3 Å². The van der Waals surface area contributed by atoms with E-state index in [2.05, 4.69) is 10.3 Å². The van der Waals surface area contributed by atoms with Crippen molar-refractivity contribution in [2.75, 3.05) is 14.2 Å². The molecular formula is C17H21ClN2O. The number of aryl methyl sites for hydroxylation is 1. The van der Waals surface area contributed by atoms with Crippen LogP contribution in [-0.2, 0) is 6.42 Å². The van der Waals surface area contributed by atoms with Gasteiger partial charge in [-0.15, -0.1) is 0 Å². The number of hydrogen-bond acceptors (Lipinski definition) is 3. The maximum Gasteiger partial charge on any atom is 0.128 e. The van der Waals surface area contributed by atoms with E-state index in [4.69, 9.17) is 16.3 Å². The third kappa shape index (κ3) is 3.36. The summed E-state index contributed by atoms with van der Waals surface area (Å²) in [5, 5.41) is 4.09. The number of pyridine rings is 1. The average Bonchev–Trinajstić information content (AvgIpc) is 2.48. The van der Waals surface area contributed by atoms with Crippen LogP contribution in [0.1, 0.15) is 28.4 Å². The Bertz CT molecular complexity index is 628. The summed E-state index contributed by atoms with van der Waals surface area (Å²) in [4.78, 5) is 4.57. The smallest absolute Gasteiger partial charge is 0.128 e. The van der Waals surface area contributed by atoms with Crippen molar-refractivity contribution in [3.05, 3.63) is 57.9 Å². The van der Waals surface area contributed by atoms with Gasteiger partial charge >= 0.3 is 0 Å². The summed E-state index contributed by atoms with van der Waals surface area (Å²) < 4.78 is 5.47. The van der Waals surface area contributed by atoms with Crippen molar-refractivity contribution in [2.24, 2.45) is 0 Å². The summed E-state index contributed by atoms with van der Waals surface area (Å²) in [5.74, 6) is 0.911. The highest BCUT2D eigenvalue weighted by Gasteiger charge is 2.17. The molecule has 2 aromatic rings. The van der Waals surface area contributed by atoms with Gasteiger partial charge in [0.1, 0.15) is 5.75 Å². The van der Waals surface area contributed by atoms with E-state index in [0.29, 0.717) is 0 Å². The highest BCUT2D eigenvalue weighted by Crippen LogP contribution is 2.29. The standard InChI is InChI=1S/C17H21ClN2O/c1-11-10-20-15(12(2)17(11)21-4)9-16(19-3)13-7-5-6-8-14(13)18/h5-8,10,16,19H,9H2,1-4H3. The molecule has 0 aliphatic rings. The summed E-state index contributed by atoms with van der Waals surface area (Å²) in [6.07, 6.45) is 2.63. The van der Waals surface area contributed by atoms with Crippen molar-refractivity contribution < 1.29 is 4.74 Å². The highest BCUT2D eigenvalue weighted by atomic mass is 35.5. The SMILES string of the molecule is CNC(Cc1ncc(C)c(OC)c1C)c1ccccc1Cl. The van der Waals surface area contributed by atoms with Crippen LogP contribution in [0.4, 0.5) is 0 Å². The second-order valence-electron chi connectivity index (χ2n) is 5.11. The van der Waals surface area contributed by atoms with Crippen molar-refractivity contribution in [3.8, 4) is 5.75 Å². The minimum absolute atomic E-state index is 0.123. The van der Waals surface area contributed by atoms with E-state index in [-0.39, 0.29) is 6.04 Å². The first-order valence-corrected chi connectivity index (χ1v) is 7.37. The Morgan fingerprint density at radius 1 is 1.29 bits per heavy atom. The molecule has 0 aliphatic heterocycles. The van der Waals surface area contributed by atoms with Gasteiger partial charge < -0.3 is 10.1 Å². The molecule has 1 N–H and O–H groups in total. The molecule has 0 radical (unpaired) electrons. The maximum atomic E-state index is 6.30. The molecule has 2 rings (SSSR count). The Morgan fingerprint density at radius 3 is 2.62 bits per heavy atom. The highest BCUT2D eigenvalue weighted by molar-refractivity contribution is 6.31. The van der Waals surface area contributed by atoms with Crippen molar-refractivity contribution in [1.29, 1.82) is 0 Å². The number of rotatable bonds is 5. The van der Waals surface area contributed by atoms with E-state index in [9.17, 15) is 0 Å². The third-order valence-corrected chi connectivity index (χ3v) is 4.12. The number of nitrogens with zero attached hydrogens (tertiary/aromatic N) is 1. The summed E-state index contributed by atoms with van der Waals surface area (Å²) in [5.41, 5.74) is 4.25. The predicted molar refractivity (Wildman–Crippen MR) is 87.2 cm³/mol. The quantitative estimate of drug-likeness (QED) is 0.910. The first kappa shape index (κ1) is 15.8. The monoisotopic (exact) mass is 304 g/mol. The summed E-state index contributed by atoms with van der Waals surface area (Å²) >= 11 is 6.30. The molecule has 3 nitrogen and oxygen atoms in total. The largest absolute Gasteiger partial charge is 0.496 e. The third-order valence-electron chi connectivity index (χ3n) is 3.78. The lowest BCUT2D eigenvalue weighted by Gasteiger charge is -2.20. The van der Waals surface area contributed by atoms with E-state index in [0.717, 1.165) is 39.6 Å². The number of aromatic nitrogens is 1. The average molecular weight is 305 g/mol. The summed E-state index contributed by atoms with van der Waals surface area (Å²) in [6, 6.07) is 8.03. The van der Waals surface area contributed by atoms with Gasteiger partial charge in [0.05, 0.1) is 7.11 Å². The van der Waals surface area contributed by atoms with Gasteiger partial charge in [-0.25, -0.2) is 0 Å². The van der Waals surface area contributed by atoms with Gasteiger partial charge in [-0.3, -0.25) is 4.98 Å². The Hall–Kier alpha value is -1.58. The molecule has 1 atom stereocenters. The molecule has 4 heteroatoms. The number of methoxy groups -OCH3 is 1. The summed E-state index contributed by atoms with van der Waals surface area (Å²) in [7, 11) is 3.64. The Morgan fingerprint density at radius 2 is 2.00 bits per heavy atom. The Kier molecular flexibility index (Phi) is 5.21. The number of halogens is 1. The number of nitrogens with one attached hydrogen (secondary N) is 1. The van der Waals surface area contributed by atoms with Gasteiger partial charge in [0.15, 0.2) is 0 Å². The normalized spacial score (nSPS) is 12.2. The fourth-order valence-electron chi connectivity index (χ4n) is 2.60. The first-order valence-electron chi connectivity index (χ1n) is 6.99. The lowest BCUT2D eigenvalue weighted by Crippen LogP contribution is -2.20. The zero-order chi connectivity index (χ0) is 15.4. The molecule has 112 valence electrons. The first-order chi connectivity index (χ1) is 10.1. The van der Waals surface area contributed by atoms with Crippen LogP contribution in [0, 0.1) is 13.8 Å². The van der Waals surface area contributed by atoms with Crippen molar-refractivity contribution in [3.63, 3.8) is 0 Å². The molecule has 21 heavy (non-hydrogen) atoms. The molecule has 0 saturated heterocycles. The van der Waals surface area contributed by atoms with E-state index in [1.54, 1.807) is 7.11 Å². The zero-order valence-electron chi connectivity index (χ0n) is 12.9. The predicted octanol–water partition coefficient (Wildman–Crippen LogP) is 3.86. The Balaban J connectivity index is 2.34. The van der Waals surface area contributed by atoms with Gasteiger partial charge in [0.25, 0.3) is 0 Å². The van der Waals surface area contributed by atoms with Gasteiger partial charge in [0.2, 0.25) is 0 Å². The molecular weight excluding hydrogens is 284 g/mol. The van der Waals surface area contributed by atoms with Crippen LogP contribution >= 0.6 is 11.6 Å². The van der Waals surface area contributed by atoms with Crippen LogP contribution in [0.2, 0.25) is 5.02 Å².